The molecule has 1 aliphatic heterocycles. The van der Waals surface area contributed by atoms with Crippen LogP contribution in [0, 0.1) is 0 Å². The van der Waals surface area contributed by atoms with Crippen molar-refractivity contribution in [2.75, 3.05) is 6.61 Å². The molecule has 0 saturated heterocycles. The van der Waals surface area contributed by atoms with Crippen molar-refractivity contribution in [3.63, 3.8) is 0 Å². The van der Waals surface area contributed by atoms with Crippen LogP contribution in [0.25, 0.3) is 11.1 Å². The maximum atomic E-state index is 5.58. The lowest BCUT2D eigenvalue weighted by atomic mass is 10.0. The minimum absolute atomic E-state index is 0.733. The molecule has 1 heterocycles. The summed E-state index contributed by atoms with van der Waals surface area (Å²) in [6.45, 7) is 1.81. The lowest BCUT2D eigenvalue weighted by molar-refractivity contribution is 0.357. The second-order valence-electron chi connectivity index (χ2n) is 6.48. The lowest BCUT2D eigenvalue weighted by Crippen LogP contribution is -2.25. The third kappa shape index (κ3) is 2.89. The van der Waals surface area contributed by atoms with Crippen molar-refractivity contribution in [2.45, 2.75) is 44.7 Å². The molecule has 2 heteroatoms. The first-order valence-corrected chi connectivity index (χ1v) is 8.47. The van der Waals surface area contributed by atoms with E-state index in [0.717, 1.165) is 31.4 Å². The molecule has 0 aromatic heterocycles. The molecule has 2 nitrogen and oxygen atoms in total. The van der Waals surface area contributed by atoms with E-state index in [1.807, 2.05) is 0 Å². The molecular formula is C20H23NO. The smallest absolute Gasteiger partial charge is 0.122 e. The molecule has 22 heavy (non-hydrogen) atoms. The molecule has 114 valence electrons. The Bertz CT molecular complexity index is 641. The molecule has 1 fully saturated rings. The summed E-state index contributed by atoms with van der Waals surface area (Å²) in [5.74, 6) is 1.06. The van der Waals surface area contributed by atoms with Gasteiger partial charge in [0.2, 0.25) is 0 Å². The lowest BCUT2D eigenvalue weighted by Gasteiger charge is -2.12. The Morgan fingerprint density at radius 1 is 0.955 bits per heavy atom. The Balaban J connectivity index is 1.44. The van der Waals surface area contributed by atoms with Crippen LogP contribution in [0.4, 0.5) is 0 Å². The van der Waals surface area contributed by atoms with E-state index in [9.17, 15) is 0 Å². The highest BCUT2D eigenvalue weighted by Gasteiger charge is 2.14. The van der Waals surface area contributed by atoms with Gasteiger partial charge in [-0.3, -0.25) is 0 Å². The Morgan fingerprint density at radius 2 is 1.73 bits per heavy atom. The number of ether oxygens (including phenoxy) is 1. The fourth-order valence-corrected chi connectivity index (χ4v) is 3.57. The van der Waals surface area contributed by atoms with Gasteiger partial charge in [-0.1, -0.05) is 43.2 Å². The van der Waals surface area contributed by atoms with Crippen LogP contribution >= 0.6 is 0 Å². The van der Waals surface area contributed by atoms with E-state index < -0.39 is 0 Å². The van der Waals surface area contributed by atoms with Gasteiger partial charge in [-0.05, 0) is 47.2 Å². The molecule has 2 aromatic carbocycles. The maximum Gasteiger partial charge on any atom is 0.122 e. The fraction of sp³-hybridized carbons (Fsp3) is 0.400. The Morgan fingerprint density at radius 3 is 2.55 bits per heavy atom. The quantitative estimate of drug-likeness (QED) is 0.906. The number of nitrogens with one attached hydrogen (secondary N) is 1. The van der Waals surface area contributed by atoms with Gasteiger partial charge in [-0.25, -0.2) is 0 Å². The molecule has 4 rings (SSSR count). The van der Waals surface area contributed by atoms with Crippen LogP contribution in [0.1, 0.15) is 36.8 Å². The maximum absolute atomic E-state index is 5.58. The molecule has 2 aliphatic rings. The fourth-order valence-electron chi connectivity index (χ4n) is 3.57. The zero-order chi connectivity index (χ0) is 14.8. The summed E-state index contributed by atoms with van der Waals surface area (Å²) >= 11 is 0. The molecule has 0 radical (unpaired) electrons. The van der Waals surface area contributed by atoms with E-state index in [1.54, 1.807) is 0 Å². The van der Waals surface area contributed by atoms with Gasteiger partial charge in [0, 0.05) is 19.0 Å². The molecule has 1 aliphatic carbocycles. The highest BCUT2D eigenvalue weighted by molar-refractivity contribution is 5.66. The minimum Gasteiger partial charge on any atom is -0.493 e. The second-order valence-corrected chi connectivity index (χ2v) is 6.48. The zero-order valence-electron chi connectivity index (χ0n) is 13.0. The van der Waals surface area contributed by atoms with Crippen LogP contribution in [-0.4, -0.2) is 12.6 Å². The van der Waals surface area contributed by atoms with Crippen LogP contribution in [0.2, 0.25) is 0 Å². The summed E-state index contributed by atoms with van der Waals surface area (Å²) < 4.78 is 5.58. The summed E-state index contributed by atoms with van der Waals surface area (Å²) in [7, 11) is 0. The molecular weight excluding hydrogens is 270 g/mol. The van der Waals surface area contributed by atoms with Gasteiger partial charge in [0.15, 0.2) is 0 Å². The summed E-state index contributed by atoms with van der Waals surface area (Å²) in [4.78, 5) is 0. The number of rotatable bonds is 4. The summed E-state index contributed by atoms with van der Waals surface area (Å²) in [6.07, 6.45) is 6.49. The third-order valence-electron chi connectivity index (χ3n) is 4.93. The average molecular weight is 293 g/mol. The van der Waals surface area contributed by atoms with E-state index in [0.29, 0.717) is 0 Å². The molecule has 2 aromatic rings. The number of benzene rings is 2. The van der Waals surface area contributed by atoms with Crippen molar-refractivity contribution in [2.24, 2.45) is 0 Å². The molecule has 1 N–H and O–H groups in total. The van der Waals surface area contributed by atoms with Crippen LogP contribution in [0.15, 0.2) is 42.5 Å². The molecule has 0 amide bonds. The van der Waals surface area contributed by atoms with E-state index in [2.05, 4.69) is 47.8 Å². The SMILES string of the molecule is c1cc(-c2ccc3c(c2)CCO3)ccc1CNC1CCCC1. The van der Waals surface area contributed by atoms with Gasteiger partial charge < -0.3 is 10.1 Å². The second kappa shape index (κ2) is 6.13. The summed E-state index contributed by atoms with van der Waals surface area (Å²) in [5.41, 5.74) is 5.29. The number of hydrogen-bond donors (Lipinski definition) is 1. The first-order chi connectivity index (χ1) is 10.9. The van der Waals surface area contributed by atoms with Gasteiger partial charge in [0.25, 0.3) is 0 Å². The summed E-state index contributed by atoms with van der Waals surface area (Å²) in [5, 5.41) is 3.67. The number of fused-ring (bicyclic) bond motifs is 1. The normalized spacial score (nSPS) is 17.5. The highest BCUT2D eigenvalue weighted by Crippen LogP contribution is 2.30. The standard InChI is InChI=1S/C20H23NO/c1-2-4-19(3-1)21-14-15-5-7-16(8-6-15)17-9-10-20-18(13-17)11-12-22-20/h5-10,13,19,21H,1-4,11-12,14H2. The van der Waals surface area contributed by atoms with Crippen LogP contribution < -0.4 is 10.1 Å². The molecule has 0 atom stereocenters. The van der Waals surface area contributed by atoms with E-state index >= 15 is 0 Å². The first kappa shape index (κ1) is 13.8. The zero-order valence-corrected chi connectivity index (χ0v) is 13.0. The van der Waals surface area contributed by atoms with E-state index in [1.165, 1.54) is 47.9 Å². The van der Waals surface area contributed by atoms with Crippen molar-refractivity contribution in [3.8, 4) is 16.9 Å². The Labute approximate surface area is 132 Å². The van der Waals surface area contributed by atoms with Gasteiger partial charge in [-0.15, -0.1) is 0 Å². The Kier molecular flexibility index (Phi) is 3.86. The van der Waals surface area contributed by atoms with E-state index in [4.69, 9.17) is 4.74 Å². The third-order valence-corrected chi connectivity index (χ3v) is 4.93. The van der Waals surface area contributed by atoms with Crippen molar-refractivity contribution in [1.82, 2.24) is 5.32 Å². The van der Waals surface area contributed by atoms with Crippen LogP contribution in [0.3, 0.4) is 0 Å². The van der Waals surface area contributed by atoms with Crippen LogP contribution in [0.5, 0.6) is 5.75 Å². The topological polar surface area (TPSA) is 21.3 Å². The van der Waals surface area contributed by atoms with Crippen molar-refractivity contribution >= 4 is 0 Å². The van der Waals surface area contributed by atoms with Gasteiger partial charge >= 0.3 is 0 Å². The number of hydrogen-bond acceptors (Lipinski definition) is 2. The molecule has 0 spiro atoms. The highest BCUT2D eigenvalue weighted by atomic mass is 16.5. The molecule has 0 bridgehead atoms. The molecule has 0 unspecified atom stereocenters. The average Bonchev–Trinajstić information content (AvgIpc) is 3.24. The van der Waals surface area contributed by atoms with Crippen molar-refractivity contribution in [3.05, 3.63) is 53.6 Å². The largest absolute Gasteiger partial charge is 0.493 e. The summed E-state index contributed by atoms with van der Waals surface area (Å²) in [6, 6.07) is 16.3. The molecule has 1 saturated carbocycles. The predicted molar refractivity (Wildman–Crippen MR) is 90.2 cm³/mol. The Hall–Kier alpha value is -1.80. The van der Waals surface area contributed by atoms with Crippen LogP contribution in [-0.2, 0) is 13.0 Å². The monoisotopic (exact) mass is 293 g/mol. The van der Waals surface area contributed by atoms with E-state index in [-0.39, 0.29) is 0 Å². The predicted octanol–water partition coefficient (Wildman–Crippen LogP) is 4.32. The van der Waals surface area contributed by atoms with Gasteiger partial charge in [0.1, 0.15) is 5.75 Å². The van der Waals surface area contributed by atoms with Gasteiger partial charge in [-0.2, -0.15) is 0 Å². The first-order valence-electron chi connectivity index (χ1n) is 8.47. The minimum atomic E-state index is 0.733. The van der Waals surface area contributed by atoms with Crippen molar-refractivity contribution in [1.29, 1.82) is 0 Å². The van der Waals surface area contributed by atoms with Crippen molar-refractivity contribution < 1.29 is 4.74 Å². The van der Waals surface area contributed by atoms with Gasteiger partial charge in [0.05, 0.1) is 6.61 Å².